The minimum atomic E-state index is -1.06. The number of hydrogen-bond donors (Lipinski definition) is 3. The van der Waals surface area contributed by atoms with E-state index in [9.17, 15) is 5.11 Å². The van der Waals surface area contributed by atoms with Gasteiger partial charge in [-0.3, -0.25) is 4.68 Å². The molecule has 5 heteroatoms. The molecule has 1 rings (SSSR count). The van der Waals surface area contributed by atoms with Gasteiger partial charge in [0.05, 0.1) is 23.6 Å². The molecule has 0 aliphatic heterocycles. The van der Waals surface area contributed by atoms with E-state index < -0.39 is 5.60 Å². The van der Waals surface area contributed by atoms with E-state index in [0.29, 0.717) is 13.1 Å². The number of hydrogen-bond acceptors (Lipinski definition) is 4. The average Bonchev–Trinajstić information content (AvgIpc) is 2.45. The first-order chi connectivity index (χ1) is 6.94. The van der Waals surface area contributed by atoms with Crippen molar-refractivity contribution < 1.29 is 10.2 Å². The molecule has 86 valence electrons. The van der Waals surface area contributed by atoms with Gasteiger partial charge in [0, 0.05) is 20.1 Å². The molecule has 0 aromatic carbocycles. The summed E-state index contributed by atoms with van der Waals surface area (Å²) in [5.41, 5.74) is 0.970. The summed E-state index contributed by atoms with van der Waals surface area (Å²) in [7, 11) is 1.88. The van der Waals surface area contributed by atoms with Gasteiger partial charge >= 0.3 is 0 Å². The fourth-order valence-electron chi connectivity index (χ4n) is 1.35. The smallest absolute Gasteiger partial charge is 0.0972 e. The Morgan fingerprint density at radius 3 is 2.73 bits per heavy atom. The molecule has 0 bridgehead atoms. The maximum Gasteiger partial charge on any atom is 0.0972 e. The fourth-order valence-corrected chi connectivity index (χ4v) is 1.35. The summed E-state index contributed by atoms with van der Waals surface area (Å²) in [6.07, 6.45) is 0. The molecule has 1 aromatic rings. The third kappa shape index (κ3) is 3.62. The van der Waals surface area contributed by atoms with Crippen LogP contribution in [0.15, 0.2) is 6.07 Å². The molecule has 0 fully saturated rings. The zero-order valence-corrected chi connectivity index (χ0v) is 9.49. The van der Waals surface area contributed by atoms with Gasteiger partial charge in [-0.05, 0) is 19.9 Å². The molecule has 0 spiro atoms. The van der Waals surface area contributed by atoms with Crippen molar-refractivity contribution in [1.29, 1.82) is 0 Å². The molecule has 0 radical (unpaired) electrons. The largest absolute Gasteiger partial charge is 0.393 e. The maximum absolute atomic E-state index is 9.54. The average molecular weight is 213 g/mol. The number of aryl methyl sites for hydroxylation is 2. The number of aliphatic hydroxyl groups is 2. The van der Waals surface area contributed by atoms with Gasteiger partial charge in [-0.2, -0.15) is 5.10 Å². The number of aliphatic hydroxyl groups excluding tert-OH is 1. The van der Waals surface area contributed by atoms with Crippen LogP contribution in [-0.4, -0.2) is 38.7 Å². The standard InChI is InChI=1S/C10H19N3O2/c1-8-4-9(13(3)12-8)5-11-6-10(2,15)7-14/h4,11,14-15H,5-7H2,1-3H3. The third-order valence-corrected chi connectivity index (χ3v) is 2.25. The molecule has 1 atom stereocenters. The molecule has 0 saturated heterocycles. The monoisotopic (exact) mass is 213 g/mol. The first kappa shape index (κ1) is 12.2. The van der Waals surface area contributed by atoms with Gasteiger partial charge in [0.25, 0.3) is 0 Å². The predicted octanol–water partition coefficient (Wildman–Crippen LogP) is -0.439. The van der Waals surface area contributed by atoms with Gasteiger partial charge in [-0.15, -0.1) is 0 Å². The number of rotatable bonds is 5. The van der Waals surface area contributed by atoms with Crippen LogP contribution >= 0.6 is 0 Å². The highest BCUT2D eigenvalue weighted by atomic mass is 16.3. The lowest BCUT2D eigenvalue weighted by Gasteiger charge is -2.20. The Labute approximate surface area is 89.7 Å². The van der Waals surface area contributed by atoms with E-state index in [2.05, 4.69) is 10.4 Å². The van der Waals surface area contributed by atoms with E-state index in [1.165, 1.54) is 0 Å². The van der Waals surface area contributed by atoms with Crippen molar-refractivity contribution in [2.75, 3.05) is 13.2 Å². The Morgan fingerprint density at radius 2 is 2.27 bits per heavy atom. The Hall–Kier alpha value is -0.910. The second kappa shape index (κ2) is 4.74. The molecule has 15 heavy (non-hydrogen) atoms. The van der Waals surface area contributed by atoms with E-state index in [1.54, 1.807) is 11.6 Å². The topological polar surface area (TPSA) is 70.3 Å². The lowest BCUT2D eigenvalue weighted by Crippen LogP contribution is -2.40. The Morgan fingerprint density at radius 1 is 1.60 bits per heavy atom. The normalized spacial score (nSPS) is 15.3. The van der Waals surface area contributed by atoms with E-state index in [0.717, 1.165) is 11.4 Å². The predicted molar refractivity (Wildman–Crippen MR) is 57.4 cm³/mol. The molecular weight excluding hydrogens is 194 g/mol. The van der Waals surface area contributed by atoms with Gasteiger partial charge in [-0.25, -0.2) is 0 Å². The summed E-state index contributed by atoms with van der Waals surface area (Å²) in [5.74, 6) is 0. The molecule has 3 N–H and O–H groups in total. The van der Waals surface area contributed by atoms with Crippen molar-refractivity contribution in [3.05, 3.63) is 17.5 Å². The van der Waals surface area contributed by atoms with Crippen molar-refractivity contribution in [3.8, 4) is 0 Å². The summed E-state index contributed by atoms with van der Waals surface area (Å²) >= 11 is 0. The van der Waals surface area contributed by atoms with E-state index in [4.69, 9.17) is 5.11 Å². The van der Waals surface area contributed by atoms with Crippen LogP contribution in [0.3, 0.4) is 0 Å². The van der Waals surface area contributed by atoms with Crippen molar-refractivity contribution in [1.82, 2.24) is 15.1 Å². The lowest BCUT2D eigenvalue weighted by molar-refractivity contribution is 0.00244. The summed E-state index contributed by atoms with van der Waals surface area (Å²) < 4.78 is 1.80. The number of nitrogens with zero attached hydrogens (tertiary/aromatic N) is 2. The minimum absolute atomic E-state index is 0.246. The van der Waals surface area contributed by atoms with Crippen LogP contribution in [0.25, 0.3) is 0 Å². The highest BCUT2D eigenvalue weighted by Gasteiger charge is 2.18. The van der Waals surface area contributed by atoms with Crippen molar-refractivity contribution in [2.45, 2.75) is 26.0 Å². The van der Waals surface area contributed by atoms with Gasteiger partial charge < -0.3 is 15.5 Å². The van der Waals surface area contributed by atoms with E-state index in [-0.39, 0.29) is 6.61 Å². The van der Waals surface area contributed by atoms with Crippen LogP contribution in [0.4, 0.5) is 0 Å². The summed E-state index contributed by atoms with van der Waals surface area (Å²) in [6.45, 7) is 4.27. The maximum atomic E-state index is 9.54. The van der Waals surface area contributed by atoms with Crippen molar-refractivity contribution >= 4 is 0 Å². The van der Waals surface area contributed by atoms with Crippen LogP contribution < -0.4 is 5.32 Å². The Balaban J connectivity index is 2.41. The van der Waals surface area contributed by atoms with Gasteiger partial charge in [0.2, 0.25) is 0 Å². The SMILES string of the molecule is Cc1cc(CNCC(C)(O)CO)n(C)n1. The number of aromatic nitrogens is 2. The molecule has 5 nitrogen and oxygen atoms in total. The highest BCUT2D eigenvalue weighted by Crippen LogP contribution is 2.03. The van der Waals surface area contributed by atoms with Crippen LogP contribution in [0, 0.1) is 6.92 Å². The quantitative estimate of drug-likeness (QED) is 0.620. The molecule has 0 amide bonds. The highest BCUT2D eigenvalue weighted by molar-refractivity contribution is 5.08. The molecule has 1 heterocycles. The first-order valence-corrected chi connectivity index (χ1v) is 4.98. The molecule has 0 saturated carbocycles. The fraction of sp³-hybridized carbons (Fsp3) is 0.700. The minimum Gasteiger partial charge on any atom is -0.393 e. The second-order valence-electron chi connectivity index (χ2n) is 4.16. The molecule has 1 aromatic heterocycles. The zero-order valence-electron chi connectivity index (χ0n) is 9.49. The van der Waals surface area contributed by atoms with Gasteiger partial charge in [-0.1, -0.05) is 0 Å². The molecule has 1 unspecified atom stereocenters. The number of nitrogens with one attached hydrogen (secondary N) is 1. The van der Waals surface area contributed by atoms with Crippen molar-refractivity contribution in [3.63, 3.8) is 0 Å². The van der Waals surface area contributed by atoms with E-state index >= 15 is 0 Å². The van der Waals surface area contributed by atoms with E-state index in [1.807, 2.05) is 20.0 Å². The molecule has 0 aliphatic carbocycles. The van der Waals surface area contributed by atoms with Gasteiger partial charge in [0.15, 0.2) is 0 Å². The second-order valence-corrected chi connectivity index (χ2v) is 4.16. The Bertz CT molecular complexity index is 320. The van der Waals surface area contributed by atoms with Crippen LogP contribution in [-0.2, 0) is 13.6 Å². The zero-order chi connectivity index (χ0) is 11.5. The lowest BCUT2D eigenvalue weighted by atomic mass is 10.1. The molecular formula is C10H19N3O2. The van der Waals surface area contributed by atoms with Crippen LogP contribution in [0.1, 0.15) is 18.3 Å². The van der Waals surface area contributed by atoms with Gasteiger partial charge in [0.1, 0.15) is 0 Å². The van der Waals surface area contributed by atoms with Crippen LogP contribution in [0.5, 0.6) is 0 Å². The summed E-state index contributed by atoms with van der Waals surface area (Å²) in [5, 5.41) is 25.7. The van der Waals surface area contributed by atoms with Crippen molar-refractivity contribution in [2.24, 2.45) is 7.05 Å². The summed E-state index contributed by atoms with van der Waals surface area (Å²) in [4.78, 5) is 0. The van der Waals surface area contributed by atoms with Crippen LogP contribution in [0.2, 0.25) is 0 Å². The molecule has 0 aliphatic rings. The summed E-state index contributed by atoms with van der Waals surface area (Å²) in [6, 6.07) is 1.99. The first-order valence-electron chi connectivity index (χ1n) is 4.98. The third-order valence-electron chi connectivity index (χ3n) is 2.25. The Kier molecular flexibility index (Phi) is 3.84.